The number of alkyl halides is 1. The molecule has 1 rings (SSSR count). The van der Waals surface area contributed by atoms with Gasteiger partial charge in [-0.05, 0) is 34.1 Å². The van der Waals surface area contributed by atoms with Crippen LogP contribution in [0.4, 0.5) is 9.18 Å². The van der Waals surface area contributed by atoms with Crippen molar-refractivity contribution >= 4 is 6.09 Å². The van der Waals surface area contributed by atoms with Crippen LogP contribution in [0.1, 0.15) is 34.1 Å². The zero-order valence-corrected chi connectivity index (χ0v) is 11.1. The first-order valence-electron chi connectivity index (χ1n) is 6.12. The third-order valence-corrected chi connectivity index (χ3v) is 2.51. The Balaban J connectivity index is 2.25. The van der Waals surface area contributed by atoms with Gasteiger partial charge in [0.05, 0.1) is 0 Å². The van der Waals surface area contributed by atoms with Crippen molar-refractivity contribution in [3.63, 3.8) is 0 Å². The highest BCUT2D eigenvalue weighted by Crippen LogP contribution is 2.12. The quantitative estimate of drug-likeness (QED) is 0.827. The smallest absolute Gasteiger partial charge is 0.407 e. The molecular weight excluding hydrogens is 223 g/mol. The van der Waals surface area contributed by atoms with Gasteiger partial charge in [-0.3, -0.25) is 4.90 Å². The number of rotatable bonds is 3. The first kappa shape index (κ1) is 14.2. The highest BCUT2D eigenvalue weighted by atomic mass is 19.1. The van der Waals surface area contributed by atoms with E-state index < -0.39 is 17.9 Å². The number of carbonyl (C=O) groups is 1. The average Bonchev–Trinajstić information content (AvgIpc) is 2.46. The van der Waals surface area contributed by atoms with Crippen molar-refractivity contribution < 1.29 is 13.9 Å². The highest BCUT2D eigenvalue weighted by molar-refractivity contribution is 5.68. The fraction of sp³-hybridized carbons (Fsp3) is 0.917. The first-order chi connectivity index (χ1) is 7.76. The zero-order valence-electron chi connectivity index (χ0n) is 11.1. The van der Waals surface area contributed by atoms with Gasteiger partial charge in [0.1, 0.15) is 11.8 Å². The molecule has 1 aliphatic heterocycles. The maximum Gasteiger partial charge on any atom is 0.407 e. The summed E-state index contributed by atoms with van der Waals surface area (Å²) in [6.45, 7) is 9.28. The minimum atomic E-state index is -0.719. The van der Waals surface area contributed by atoms with E-state index in [1.54, 1.807) is 0 Å². The summed E-state index contributed by atoms with van der Waals surface area (Å²) in [5, 5.41) is 2.75. The molecule has 0 unspecified atom stereocenters. The second kappa shape index (κ2) is 5.67. The number of hydrogen-bond donors (Lipinski definition) is 1. The Hall–Kier alpha value is -0.840. The number of halogens is 1. The molecule has 1 fully saturated rings. The number of ether oxygens (including phenoxy) is 1. The van der Waals surface area contributed by atoms with Crippen molar-refractivity contribution in [1.29, 1.82) is 0 Å². The molecule has 0 bridgehead atoms. The summed E-state index contributed by atoms with van der Waals surface area (Å²) < 4.78 is 18.1. The largest absolute Gasteiger partial charge is 0.444 e. The Kier molecular flexibility index (Phi) is 4.74. The number of likely N-dealkylation sites (tertiary alicyclic amines) is 1. The molecule has 0 spiro atoms. The fourth-order valence-corrected chi connectivity index (χ4v) is 1.89. The molecule has 2 atom stereocenters. The monoisotopic (exact) mass is 246 g/mol. The highest BCUT2D eigenvalue weighted by Gasteiger charge is 2.24. The molecule has 1 saturated heterocycles. The van der Waals surface area contributed by atoms with Crippen molar-refractivity contribution in [2.45, 2.75) is 51.9 Å². The van der Waals surface area contributed by atoms with Crippen molar-refractivity contribution in [1.82, 2.24) is 10.2 Å². The van der Waals surface area contributed by atoms with E-state index in [4.69, 9.17) is 4.74 Å². The molecule has 0 aromatic rings. The lowest BCUT2D eigenvalue weighted by molar-refractivity contribution is 0.0499. The Labute approximate surface area is 102 Å². The molecule has 0 radical (unpaired) electrons. The number of hydrogen-bond acceptors (Lipinski definition) is 3. The Morgan fingerprint density at radius 1 is 1.59 bits per heavy atom. The summed E-state index contributed by atoms with van der Waals surface area (Å²) in [7, 11) is 0. The molecule has 5 heteroatoms. The second-order valence-corrected chi connectivity index (χ2v) is 5.69. The molecule has 0 aliphatic carbocycles. The summed E-state index contributed by atoms with van der Waals surface area (Å²) in [6, 6.07) is -0.0323. The van der Waals surface area contributed by atoms with E-state index >= 15 is 0 Å². The molecule has 100 valence electrons. The molecule has 0 saturated carbocycles. The second-order valence-electron chi connectivity index (χ2n) is 5.69. The topological polar surface area (TPSA) is 41.6 Å². The summed E-state index contributed by atoms with van der Waals surface area (Å²) in [5.74, 6) is 0. The van der Waals surface area contributed by atoms with Crippen LogP contribution in [0.3, 0.4) is 0 Å². The summed E-state index contributed by atoms with van der Waals surface area (Å²) in [4.78, 5) is 13.5. The Morgan fingerprint density at radius 2 is 2.24 bits per heavy atom. The molecule has 1 amide bonds. The van der Waals surface area contributed by atoms with Gasteiger partial charge in [-0.2, -0.15) is 0 Å². The van der Waals surface area contributed by atoms with Crippen molar-refractivity contribution in [3.05, 3.63) is 0 Å². The maximum absolute atomic E-state index is 13.0. The van der Waals surface area contributed by atoms with Gasteiger partial charge < -0.3 is 10.1 Å². The van der Waals surface area contributed by atoms with Crippen LogP contribution in [0, 0.1) is 0 Å². The number of amides is 1. The molecule has 17 heavy (non-hydrogen) atoms. The van der Waals surface area contributed by atoms with Gasteiger partial charge in [-0.1, -0.05) is 0 Å². The minimum Gasteiger partial charge on any atom is -0.444 e. The maximum atomic E-state index is 13.0. The minimum absolute atomic E-state index is 0.0323. The van der Waals surface area contributed by atoms with Crippen molar-refractivity contribution in [2.75, 3.05) is 19.6 Å². The number of alkyl carbamates (subject to hydrolysis) is 1. The van der Waals surface area contributed by atoms with E-state index in [0.717, 1.165) is 6.54 Å². The zero-order chi connectivity index (χ0) is 13.1. The predicted octanol–water partition coefficient (Wildman–Crippen LogP) is 1.94. The van der Waals surface area contributed by atoms with E-state index in [1.165, 1.54) is 0 Å². The predicted molar refractivity (Wildman–Crippen MR) is 64.8 cm³/mol. The average molecular weight is 246 g/mol. The molecule has 0 aromatic carbocycles. The van der Waals surface area contributed by atoms with Crippen molar-refractivity contribution in [2.24, 2.45) is 0 Å². The van der Waals surface area contributed by atoms with Crippen LogP contribution < -0.4 is 5.32 Å². The summed E-state index contributed by atoms with van der Waals surface area (Å²) in [6.07, 6.45) is -0.538. The van der Waals surface area contributed by atoms with E-state index in [0.29, 0.717) is 19.5 Å². The summed E-state index contributed by atoms with van der Waals surface area (Å²) in [5.41, 5.74) is -0.485. The van der Waals surface area contributed by atoms with Gasteiger partial charge in [0.2, 0.25) is 0 Å². The summed E-state index contributed by atoms with van der Waals surface area (Å²) >= 11 is 0. The Morgan fingerprint density at radius 3 is 2.71 bits per heavy atom. The lowest BCUT2D eigenvalue weighted by atomic mass is 10.2. The lowest BCUT2D eigenvalue weighted by Crippen LogP contribution is -2.43. The normalized spacial score (nSPS) is 23.5. The molecule has 4 nitrogen and oxygen atoms in total. The van der Waals surface area contributed by atoms with Gasteiger partial charge in [0, 0.05) is 25.7 Å². The Bertz CT molecular complexity index is 266. The third kappa shape index (κ3) is 5.86. The van der Waals surface area contributed by atoms with Gasteiger partial charge in [-0.25, -0.2) is 9.18 Å². The van der Waals surface area contributed by atoms with Crippen molar-refractivity contribution in [3.8, 4) is 0 Å². The molecule has 1 heterocycles. The van der Waals surface area contributed by atoms with Crippen LogP contribution in [-0.4, -0.2) is 48.4 Å². The van der Waals surface area contributed by atoms with E-state index in [2.05, 4.69) is 5.32 Å². The van der Waals surface area contributed by atoms with E-state index in [9.17, 15) is 9.18 Å². The van der Waals surface area contributed by atoms with Gasteiger partial charge >= 0.3 is 6.09 Å². The van der Waals surface area contributed by atoms with Gasteiger partial charge in [-0.15, -0.1) is 0 Å². The van der Waals surface area contributed by atoms with Crippen LogP contribution in [0.2, 0.25) is 0 Å². The van der Waals surface area contributed by atoms with Crippen LogP contribution in [0.25, 0.3) is 0 Å². The van der Waals surface area contributed by atoms with Gasteiger partial charge in [0.25, 0.3) is 0 Å². The number of carbonyl (C=O) groups excluding carboxylic acids is 1. The first-order valence-corrected chi connectivity index (χ1v) is 6.12. The van der Waals surface area contributed by atoms with E-state index in [1.807, 2.05) is 32.6 Å². The van der Waals surface area contributed by atoms with Crippen LogP contribution in [-0.2, 0) is 4.74 Å². The van der Waals surface area contributed by atoms with Crippen LogP contribution in [0.15, 0.2) is 0 Å². The lowest BCUT2D eigenvalue weighted by Gasteiger charge is -2.24. The number of nitrogens with zero attached hydrogens (tertiary/aromatic N) is 1. The van der Waals surface area contributed by atoms with Crippen LogP contribution >= 0.6 is 0 Å². The van der Waals surface area contributed by atoms with E-state index in [-0.39, 0.29) is 6.04 Å². The molecule has 0 aromatic heterocycles. The standard InChI is InChI=1S/C12H23FN2O2/c1-9(7-15-6-5-10(13)8-15)14-11(16)17-12(2,3)4/h9-10H,5-8H2,1-4H3,(H,14,16)/t9-,10-/m1/s1. The van der Waals surface area contributed by atoms with Crippen LogP contribution in [0.5, 0.6) is 0 Å². The van der Waals surface area contributed by atoms with Gasteiger partial charge in [0.15, 0.2) is 0 Å². The third-order valence-electron chi connectivity index (χ3n) is 2.51. The molecule has 1 aliphatic rings. The molecular formula is C12H23FN2O2. The SMILES string of the molecule is C[C@H](CN1CC[C@@H](F)C1)NC(=O)OC(C)(C)C. The fourth-order valence-electron chi connectivity index (χ4n) is 1.89. The number of nitrogens with one attached hydrogen (secondary N) is 1. The molecule has 1 N–H and O–H groups in total.